The summed E-state index contributed by atoms with van der Waals surface area (Å²) in [5.41, 5.74) is 0. The second kappa shape index (κ2) is 8.82. The molecule has 2 atom stereocenters. The van der Waals surface area contributed by atoms with Crippen LogP contribution >= 0.6 is 35.6 Å². The smallest absolute Gasteiger partial charge is 0.263 e. The molecule has 0 aromatic heterocycles. The first-order valence-electron chi connectivity index (χ1n) is 7.08. The molecule has 0 aliphatic carbocycles. The van der Waals surface area contributed by atoms with E-state index in [-0.39, 0.29) is 18.3 Å². The van der Waals surface area contributed by atoms with E-state index in [9.17, 15) is 4.79 Å². The predicted octanol–water partition coefficient (Wildman–Crippen LogP) is 3.39. The Labute approximate surface area is 147 Å². The molecule has 2 rings (SSSR count). The van der Waals surface area contributed by atoms with Crippen LogP contribution in [-0.2, 0) is 4.79 Å². The molecule has 1 heterocycles. The van der Waals surface area contributed by atoms with Crippen LogP contribution in [0.5, 0.6) is 5.75 Å². The van der Waals surface area contributed by atoms with Gasteiger partial charge < -0.3 is 15.0 Å². The number of hydrogen-bond acceptors (Lipinski definition) is 3. The van der Waals surface area contributed by atoms with Gasteiger partial charge in [-0.3, -0.25) is 4.79 Å². The highest BCUT2D eigenvalue weighted by molar-refractivity contribution is 6.34. The summed E-state index contributed by atoms with van der Waals surface area (Å²) in [4.78, 5) is 14.3. The SMILES string of the molecule is CNC1CCCN(C(=O)C(C)Oc2cc(Cl)cc(Cl)c2)C1.Cl. The maximum Gasteiger partial charge on any atom is 0.263 e. The van der Waals surface area contributed by atoms with Crippen molar-refractivity contribution >= 4 is 41.5 Å². The van der Waals surface area contributed by atoms with Gasteiger partial charge in [0.25, 0.3) is 5.91 Å². The van der Waals surface area contributed by atoms with Gasteiger partial charge in [0, 0.05) is 29.2 Å². The lowest BCUT2D eigenvalue weighted by molar-refractivity contribution is -0.139. The molecule has 0 spiro atoms. The van der Waals surface area contributed by atoms with E-state index in [1.54, 1.807) is 25.1 Å². The summed E-state index contributed by atoms with van der Waals surface area (Å²) in [6.45, 7) is 3.25. The highest BCUT2D eigenvalue weighted by Gasteiger charge is 2.27. The Balaban J connectivity index is 0.00000242. The van der Waals surface area contributed by atoms with E-state index in [4.69, 9.17) is 27.9 Å². The molecule has 4 nitrogen and oxygen atoms in total. The van der Waals surface area contributed by atoms with Crippen molar-refractivity contribution in [1.29, 1.82) is 0 Å². The van der Waals surface area contributed by atoms with Crippen LogP contribution in [0.25, 0.3) is 0 Å². The van der Waals surface area contributed by atoms with Gasteiger partial charge in [0.05, 0.1) is 0 Å². The third-order valence-corrected chi connectivity index (χ3v) is 4.07. The van der Waals surface area contributed by atoms with E-state index in [2.05, 4.69) is 5.32 Å². The number of likely N-dealkylation sites (N-methyl/N-ethyl adjacent to an activating group) is 1. The van der Waals surface area contributed by atoms with Gasteiger partial charge in [0.15, 0.2) is 6.10 Å². The molecule has 1 saturated heterocycles. The molecule has 22 heavy (non-hydrogen) atoms. The number of benzene rings is 1. The number of carbonyl (C=O) groups excluding carboxylic acids is 1. The van der Waals surface area contributed by atoms with Crippen molar-refractivity contribution in [2.24, 2.45) is 0 Å². The lowest BCUT2D eigenvalue weighted by atomic mass is 10.1. The fraction of sp³-hybridized carbons (Fsp3) is 0.533. The maximum atomic E-state index is 12.4. The molecular formula is C15H21Cl3N2O2. The number of ether oxygens (including phenoxy) is 1. The Bertz CT molecular complexity index is 493. The average molecular weight is 368 g/mol. The average Bonchev–Trinajstić information content (AvgIpc) is 2.45. The highest BCUT2D eigenvalue weighted by atomic mass is 35.5. The first-order chi connectivity index (χ1) is 9.99. The molecule has 7 heteroatoms. The minimum absolute atomic E-state index is 0. The van der Waals surface area contributed by atoms with Crippen LogP contribution < -0.4 is 10.1 Å². The number of nitrogens with one attached hydrogen (secondary N) is 1. The number of hydrogen-bond donors (Lipinski definition) is 1. The van der Waals surface area contributed by atoms with Crippen molar-refractivity contribution in [3.63, 3.8) is 0 Å². The van der Waals surface area contributed by atoms with E-state index < -0.39 is 6.10 Å². The third kappa shape index (κ3) is 5.20. The van der Waals surface area contributed by atoms with Gasteiger partial charge in [-0.15, -0.1) is 12.4 Å². The van der Waals surface area contributed by atoms with E-state index in [0.29, 0.717) is 21.8 Å². The quantitative estimate of drug-likeness (QED) is 0.887. The summed E-state index contributed by atoms with van der Waals surface area (Å²) in [6, 6.07) is 5.30. The number of carbonyl (C=O) groups is 1. The number of likely N-dealkylation sites (tertiary alicyclic amines) is 1. The number of amides is 1. The van der Waals surface area contributed by atoms with Crippen molar-refractivity contribution in [3.05, 3.63) is 28.2 Å². The van der Waals surface area contributed by atoms with Gasteiger partial charge in [-0.1, -0.05) is 23.2 Å². The Hall–Kier alpha value is -0.680. The molecule has 124 valence electrons. The molecule has 1 aliphatic rings. The third-order valence-electron chi connectivity index (χ3n) is 3.64. The van der Waals surface area contributed by atoms with Crippen LogP contribution in [0, 0.1) is 0 Å². The molecule has 2 unspecified atom stereocenters. The Morgan fingerprint density at radius 1 is 1.36 bits per heavy atom. The Kier molecular flexibility index (Phi) is 7.77. The van der Waals surface area contributed by atoms with Gasteiger partial charge in [0.1, 0.15) is 5.75 Å². The monoisotopic (exact) mass is 366 g/mol. The summed E-state index contributed by atoms with van der Waals surface area (Å²) >= 11 is 11.9. The van der Waals surface area contributed by atoms with Crippen molar-refractivity contribution in [3.8, 4) is 5.75 Å². The molecule has 1 N–H and O–H groups in total. The van der Waals surface area contributed by atoms with Gasteiger partial charge in [-0.25, -0.2) is 0 Å². The van der Waals surface area contributed by atoms with Crippen molar-refractivity contribution < 1.29 is 9.53 Å². The van der Waals surface area contributed by atoms with Crippen LogP contribution in [0.2, 0.25) is 10.0 Å². The molecule has 1 amide bonds. The molecule has 1 aliphatic heterocycles. The van der Waals surface area contributed by atoms with E-state index in [1.807, 2.05) is 11.9 Å². The lowest BCUT2D eigenvalue weighted by Gasteiger charge is -2.34. The van der Waals surface area contributed by atoms with Crippen molar-refractivity contribution in [2.75, 3.05) is 20.1 Å². The summed E-state index contributed by atoms with van der Waals surface area (Å²) in [5, 5.41) is 4.20. The number of rotatable bonds is 4. The van der Waals surface area contributed by atoms with Gasteiger partial charge in [-0.2, -0.15) is 0 Å². The maximum absolute atomic E-state index is 12.4. The Morgan fingerprint density at radius 2 is 2.00 bits per heavy atom. The molecule has 1 fully saturated rings. The van der Waals surface area contributed by atoms with E-state index in [1.165, 1.54) is 0 Å². The fourth-order valence-electron chi connectivity index (χ4n) is 2.52. The predicted molar refractivity (Wildman–Crippen MR) is 92.5 cm³/mol. The second-order valence-corrected chi connectivity index (χ2v) is 6.15. The summed E-state index contributed by atoms with van der Waals surface area (Å²) in [6.07, 6.45) is 1.54. The standard InChI is InChI=1S/C15H20Cl2N2O2.ClH/c1-10(21-14-7-11(16)6-12(17)8-14)15(20)19-5-3-4-13(9-19)18-2;/h6-8,10,13,18H,3-5,9H2,1-2H3;1H. The summed E-state index contributed by atoms with van der Waals surface area (Å²) < 4.78 is 5.68. The van der Waals surface area contributed by atoms with Crippen LogP contribution in [0.4, 0.5) is 0 Å². The summed E-state index contributed by atoms with van der Waals surface area (Å²) in [5.74, 6) is 0.501. The van der Waals surface area contributed by atoms with Crippen LogP contribution in [0.1, 0.15) is 19.8 Å². The van der Waals surface area contributed by atoms with Gasteiger partial charge in [-0.05, 0) is 45.0 Å². The lowest BCUT2D eigenvalue weighted by Crippen LogP contribution is -2.50. The van der Waals surface area contributed by atoms with E-state index in [0.717, 1.165) is 25.9 Å². The topological polar surface area (TPSA) is 41.6 Å². The largest absolute Gasteiger partial charge is 0.481 e. The minimum Gasteiger partial charge on any atom is -0.481 e. The summed E-state index contributed by atoms with van der Waals surface area (Å²) in [7, 11) is 1.92. The molecule has 1 aromatic rings. The van der Waals surface area contributed by atoms with Crippen LogP contribution in [0.3, 0.4) is 0 Å². The molecule has 1 aromatic carbocycles. The first-order valence-corrected chi connectivity index (χ1v) is 7.84. The van der Waals surface area contributed by atoms with E-state index >= 15 is 0 Å². The fourth-order valence-corrected chi connectivity index (χ4v) is 3.03. The zero-order valence-corrected chi connectivity index (χ0v) is 15.0. The first kappa shape index (κ1) is 19.4. The van der Waals surface area contributed by atoms with Gasteiger partial charge in [0.2, 0.25) is 0 Å². The molecule has 0 radical (unpaired) electrons. The molecule has 0 bridgehead atoms. The molecule has 0 saturated carbocycles. The van der Waals surface area contributed by atoms with Gasteiger partial charge >= 0.3 is 0 Å². The number of nitrogens with zero attached hydrogens (tertiary/aromatic N) is 1. The zero-order chi connectivity index (χ0) is 15.4. The second-order valence-electron chi connectivity index (χ2n) is 5.28. The normalized spacial score (nSPS) is 19.3. The number of piperidine rings is 1. The van der Waals surface area contributed by atoms with Crippen LogP contribution in [-0.4, -0.2) is 43.1 Å². The zero-order valence-electron chi connectivity index (χ0n) is 12.6. The number of halogens is 3. The molecular weight excluding hydrogens is 347 g/mol. The van der Waals surface area contributed by atoms with Crippen molar-refractivity contribution in [1.82, 2.24) is 10.2 Å². The highest BCUT2D eigenvalue weighted by Crippen LogP contribution is 2.25. The van der Waals surface area contributed by atoms with Crippen LogP contribution in [0.15, 0.2) is 18.2 Å². The van der Waals surface area contributed by atoms with Crippen molar-refractivity contribution in [2.45, 2.75) is 31.9 Å². The Morgan fingerprint density at radius 3 is 2.59 bits per heavy atom. The minimum atomic E-state index is -0.560.